The highest BCUT2D eigenvalue weighted by molar-refractivity contribution is 5.79. The Labute approximate surface area is 109 Å². The molecule has 0 fully saturated rings. The van der Waals surface area contributed by atoms with Gasteiger partial charge in [-0.2, -0.15) is 0 Å². The molecule has 0 amide bonds. The molecule has 1 N–H and O–H groups in total. The van der Waals surface area contributed by atoms with Crippen molar-refractivity contribution in [1.82, 2.24) is 0 Å². The first-order valence-corrected chi connectivity index (χ1v) is 6.16. The van der Waals surface area contributed by atoms with Crippen LogP contribution >= 0.6 is 0 Å². The van der Waals surface area contributed by atoms with E-state index in [1.165, 1.54) is 22.3 Å². The second-order valence-corrected chi connectivity index (χ2v) is 4.66. The van der Waals surface area contributed by atoms with E-state index in [1.54, 1.807) is 0 Å². The van der Waals surface area contributed by atoms with E-state index in [0.29, 0.717) is 0 Å². The lowest BCUT2D eigenvalue weighted by Gasteiger charge is -2.11. The van der Waals surface area contributed by atoms with Crippen molar-refractivity contribution in [2.24, 2.45) is 0 Å². The summed E-state index contributed by atoms with van der Waals surface area (Å²) in [6.07, 6.45) is 0. The fraction of sp³-hybridized carbons (Fsp3) is 0.176. The standard InChI is InChI=1S/C17H19N/c1-12(2)16-11-15(9-10-17(16)18-4)14-7-5-13(3)6-8-14/h5-11,18H,1H2,2-4H3. The molecule has 1 nitrogen and oxygen atoms in total. The van der Waals surface area contributed by atoms with Crippen LogP contribution in [0.2, 0.25) is 0 Å². The topological polar surface area (TPSA) is 12.0 Å². The molecule has 0 radical (unpaired) electrons. The lowest BCUT2D eigenvalue weighted by Crippen LogP contribution is -1.94. The summed E-state index contributed by atoms with van der Waals surface area (Å²) in [7, 11) is 1.94. The van der Waals surface area contributed by atoms with Crippen LogP contribution < -0.4 is 5.32 Å². The van der Waals surface area contributed by atoms with E-state index in [4.69, 9.17) is 0 Å². The van der Waals surface area contributed by atoms with Gasteiger partial charge >= 0.3 is 0 Å². The molecule has 0 saturated carbocycles. The number of hydrogen-bond donors (Lipinski definition) is 1. The van der Waals surface area contributed by atoms with Crippen molar-refractivity contribution >= 4 is 11.3 Å². The summed E-state index contributed by atoms with van der Waals surface area (Å²) >= 11 is 0. The molecular formula is C17H19N. The summed E-state index contributed by atoms with van der Waals surface area (Å²) in [5, 5.41) is 3.20. The zero-order chi connectivity index (χ0) is 13.1. The third-order valence-electron chi connectivity index (χ3n) is 3.13. The van der Waals surface area contributed by atoms with Crippen molar-refractivity contribution in [3.05, 3.63) is 60.2 Å². The molecule has 1 heteroatoms. The summed E-state index contributed by atoms with van der Waals surface area (Å²) in [6.45, 7) is 8.18. The van der Waals surface area contributed by atoms with Gasteiger partial charge in [-0.25, -0.2) is 0 Å². The first-order valence-electron chi connectivity index (χ1n) is 6.16. The van der Waals surface area contributed by atoms with E-state index in [-0.39, 0.29) is 0 Å². The highest BCUT2D eigenvalue weighted by atomic mass is 14.8. The van der Waals surface area contributed by atoms with Gasteiger partial charge in [-0.1, -0.05) is 42.5 Å². The fourth-order valence-corrected chi connectivity index (χ4v) is 2.04. The molecule has 0 saturated heterocycles. The Morgan fingerprint density at radius 1 is 1.00 bits per heavy atom. The van der Waals surface area contributed by atoms with E-state index in [1.807, 2.05) is 14.0 Å². The third kappa shape index (κ3) is 2.45. The maximum Gasteiger partial charge on any atom is 0.0414 e. The van der Waals surface area contributed by atoms with Crippen molar-refractivity contribution < 1.29 is 0 Å². The molecule has 0 unspecified atom stereocenters. The lowest BCUT2D eigenvalue weighted by molar-refractivity contribution is 1.45. The zero-order valence-corrected chi connectivity index (χ0v) is 11.2. The number of nitrogens with one attached hydrogen (secondary N) is 1. The molecule has 0 aromatic heterocycles. The Balaban J connectivity index is 2.49. The van der Waals surface area contributed by atoms with Crippen molar-refractivity contribution in [3.63, 3.8) is 0 Å². The number of benzene rings is 2. The molecule has 0 aliphatic carbocycles. The van der Waals surface area contributed by atoms with Crippen molar-refractivity contribution in [1.29, 1.82) is 0 Å². The second-order valence-electron chi connectivity index (χ2n) is 4.66. The van der Waals surface area contributed by atoms with E-state index >= 15 is 0 Å². The summed E-state index contributed by atoms with van der Waals surface area (Å²) in [5.74, 6) is 0. The van der Waals surface area contributed by atoms with E-state index < -0.39 is 0 Å². The molecule has 0 aliphatic rings. The van der Waals surface area contributed by atoms with Crippen LogP contribution in [0.3, 0.4) is 0 Å². The predicted molar refractivity (Wildman–Crippen MR) is 80.9 cm³/mol. The average molecular weight is 237 g/mol. The molecule has 0 aliphatic heterocycles. The smallest absolute Gasteiger partial charge is 0.0414 e. The number of hydrogen-bond acceptors (Lipinski definition) is 1. The third-order valence-corrected chi connectivity index (χ3v) is 3.13. The minimum atomic E-state index is 1.08. The van der Waals surface area contributed by atoms with E-state index in [0.717, 1.165) is 11.3 Å². The number of allylic oxidation sites excluding steroid dienone is 1. The van der Waals surface area contributed by atoms with Gasteiger partial charge in [-0.15, -0.1) is 0 Å². The molecule has 2 aromatic carbocycles. The van der Waals surface area contributed by atoms with Crippen LogP contribution in [0.5, 0.6) is 0 Å². The summed E-state index contributed by atoms with van der Waals surface area (Å²) in [6, 6.07) is 15.0. The predicted octanol–water partition coefficient (Wildman–Crippen LogP) is 4.74. The van der Waals surface area contributed by atoms with Crippen molar-refractivity contribution in [2.75, 3.05) is 12.4 Å². The van der Waals surface area contributed by atoms with Crippen molar-refractivity contribution in [3.8, 4) is 11.1 Å². The van der Waals surface area contributed by atoms with Crippen LogP contribution in [0.1, 0.15) is 18.1 Å². The maximum atomic E-state index is 4.04. The van der Waals surface area contributed by atoms with Gasteiger partial charge in [-0.3, -0.25) is 0 Å². The lowest BCUT2D eigenvalue weighted by atomic mass is 9.98. The molecule has 2 aromatic rings. The average Bonchev–Trinajstić information content (AvgIpc) is 2.39. The number of anilines is 1. The molecule has 18 heavy (non-hydrogen) atoms. The Morgan fingerprint density at radius 2 is 1.61 bits per heavy atom. The number of rotatable bonds is 3. The maximum absolute atomic E-state index is 4.04. The van der Waals surface area contributed by atoms with Gasteiger partial charge in [0, 0.05) is 18.3 Å². The van der Waals surface area contributed by atoms with Crippen LogP contribution in [0, 0.1) is 6.92 Å². The zero-order valence-electron chi connectivity index (χ0n) is 11.2. The molecule has 0 bridgehead atoms. The minimum absolute atomic E-state index is 1.08. The van der Waals surface area contributed by atoms with Crippen LogP contribution in [0.15, 0.2) is 49.0 Å². The summed E-state index contributed by atoms with van der Waals surface area (Å²) in [5.41, 5.74) is 7.13. The normalized spacial score (nSPS) is 10.2. The van der Waals surface area contributed by atoms with Crippen LogP contribution in [-0.4, -0.2) is 7.05 Å². The van der Waals surface area contributed by atoms with Crippen LogP contribution in [0.4, 0.5) is 5.69 Å². The first-order chi connectivity index (χ1) is 8.61. The van der Waals surface area contributed by atoms with Gasteiger partial charge in [0.05, 0.1) is 0 Å². The van der Waals surface area contributed by atoms with Crippen LogP contribution in [-0.2, 0) is 0 Å². The van der Waals surface area contributed by atoms with Gasteiger partial charge in [0.25, 0.3) is 0 Å². The quantitative estimate of drug-likeness (QED) is 0.813. The van der Waals surface area contributed by atoms with Gasteiger partial charge in [0.1, 0.15) is 0 Å². The van der Waals surface area contributed by atoms with Gasteiger partial charge in [0.15, 0.2) is 0 Å². The van der Waals surface area contributed by atoms with Crippen LogP contribution in [0.25, 0.3) is 16.7 Å². The largest absolute Gasteiger partial charge is 0.388 e. The first kappa shape index (κ1) is 12.4. The molecule has 92 valence electrons. The summed E-state index contributed by atoms with van der Waals surface area (Å²) < 4.78 is 0. The Bertz CT molecular complexity index is 565. The highest BCUT2D eigenvalue weighted by Crippen LogP contribution is 2.29. The number of aryl methyl sites for hydroxylation is 1. The molecule has 0 spiro atoms. The molecule has 0 heterocycles. The van der Waals surface area contributed by atoms with Gasteiger partial charge in [-0.05, 0) is 42.7 Å². The SMILES string of the molecule is C=C(C)c1cc(-c2ccc(C)cc2)ccc1NC. The van der Waals surface area contributed by atoms with Gasteiger partial charge in [0.2, 0.25) is 0 Å². The minimum Gasteiger partial charge on any atom is -0.388 e. The van der Waals surface area contributed by atoms with Crippen molar-refractivity contribution in [2.45, 2.75) is 13.8 Å². The molecular weight excluding hydrogens is 218 g/mol. The fourth-order valence-electron chi connectivity index (χ4n) is 2.04. The highest BCUT2D eigenvalue weighted by Gasteiger charge is 2.05. The molecule has 0 atom stereocenters. The Hall–Kier alpha value is -2.02. The van der Waals surface area contributed by atoms with Gasteiger partial charge < -0.3 is 5.32 Å². The Kier molecular flexibility index (Phi) is 3.52. The monoisotopic (exact) mass is 237 g/mol. The summed E-state index contributed by atoms with van der Waals surface area (Å²) in [4.78, 5) is 0. The molecule has 2 rings (SSSR count). The second kappa shape index (κ2) is 5.09. The Morgan fingerprint density at radius 3 is 2.17 bits per heavy atom. The van der Waals surface area contributed by atoms with E-state index in [9.17, 15) is 0 Å². The van der Waals surface area contributed by atoms with E-state index in [2.05, 4.69) is 61.3 Å².